The van der Waals surface area contributed by atoms with Gasteiger partial charge in [-0.15, -0.1) is 0 Å². The Labute approximate surface area is 161 Å². The lowest BCUT2D eigenvalue weighted by molar-refractivity contribution is 0.0983. The summed E-state index contributed by atoms with van der Waals surface area (Å²) in [5.74, 6) is -0.991. The van der Waals surface area contributed by atoms with Crippen LogP contribution in [0, 0.1) is 5.82 Å². The second kappa shape index (κ2) is 7.60. The zero-order valence-electron chi connectivity index (χ0n) is 15.1. The average molecular weight is 375 g/mol. The normalized spacial score (nSPS) is 13.0. The summed E-state index contributed by atoms with van der Waals surface area (Å²) in [6, 6.07) is 14.5. The molecule has 0 spiro atoms. The highest BCUT2D eigenvalue weighted by molar-refractivity contribution is 6.08. The van der Waals surface area contributed by atoms with E-state index in [1.54, 1.807) is 47.6 Å². The van der Waals surface area contributed by atoms with Crippen molar-refractivity contribution in [1.29, 1.82) is 0 Å². The fourth-order valence-electron chi connectivity index (χ4n) is 3.34. The number of rotatable bonds is 3. The summed E-state index contributed by atoms with van der Waals surface area (Å²) < 4.78 is 13.4. The largest absolute Gasteiger partial charge is 0.322 e. The van der Waals surface area contributed by atoms with Gasteiger partial charge in [-0.3, -0.25) is 14.6 Å². The van der Waals surface area contributed by atoms with Crippen molar-refractivity contribution in [3.05, 3.63) is 89.5 Å². The highest BCUT2D eigenvalue weighted by Gasteiger charge is 2.24. The van der Waals surface area contributed by atoms with Gasteiger partial charge >= 0.3 is 0 Å². The van der Waals surface area contributed by atoms with Crippen LogP contribution in [0.4, 0.5) is 15.8 Å². The molecule has 5 nitrogen and oxygen atoms in total. The van der Waals surface area contributed by atoms with Gasteiger partial charge in [-0.05, 0) is 60.9 Å². The predicted molar refractivity (Wildman–Crippen MR) is 105 cm³/mol. The zero-order chi connectivity index (χ0) is 19.5. The predicted octanol–water partition coefficient (Wildman–Crippen LogP) is 4.07. The van der Waals surface area contributed by atoms with Crippen molar-refractivity contribution in [3.63, 3.8) is 0 Å². The Balaban J connectivity index is 1.61. The SMILES string of the molecule is O=C(Nc1ccc2c(c1)N(C(=O)c1cccnc1)CCC2)c1cccc(F)c1. The summed E-state index contributed by atoms with van der Waals surface area (Å²) in [6.07, 6.45) is 4.91. The molecule has 2 aromatic carbocycles. The van der Waals surface area contributed by atoms with Crippen LogP contribution in [0.15, 0.2) is 67.0 Å². The molecule has 0 bridgehead atoms. The molecule has 0 unspecified atom stereocenters. The molecule has 1 aromatic heterocycles. The van der Waals surface area contributed by atoms with E-state index in [1.807, 2.05) is 6.07 Å². The zero-order valence-corrected chi connectivity index (χ0v) is 15.1. The standard InChI is InChI=1S/C22H18FN3O2/c23-18-7-1-4-16(12-18)21(27)25-19-9-8-15-6-3-11-26(20(15)13-19)22(28)17-5-2-10-24-14-17/h1-2,4-5,7-10,12-14H,3,6,11H2,(H,25,27). The summed E-state index contributed by atoms with van der Waals surface area (Å²) in [6.45, 7) is 0.599. The van der Waals surface area contributed by atoms with Crippen LogP contribution < -0.4 is 10.2 Å². The van der Waals surface area contributed by atoms with E-state index < -0.39 is 11.7 Å². The van der Waals surface area contributed by atoms with Crippen LogP contribution in [0.1, 0.15) is 32.7 Å². The molecule has 0 fully saturated rings. The molecule has 6 heteroatoms. The maximum Gasteiger partial charge on any atom is 0.259 e. The van der Waals surface area contributed by atoms with E-state index in [0.29, 0.717) is 17.8 Å². The molecule has 4 rings (SSSR count). The highest BCUT2D eigenvalue weighted by Crippen LogP contribution is 2.31. The molecule has 28 heavy (non-hydrogen) atoms. The summed E-state index contributed by atoms with van der Waals surface area (Å²) in [7, 11) is 0. The van der Waals surface area contributed by atoms with Gasteiger partial charge in [0, 0.05) is 35.9 Å². The van der Waals surface area contributed by atoms with Gasteiger partial charge in [0.1, 0.15) is 5.82 Å². The minimum absolute atomic E-state index is 0.123. The maximum atomic E-state index is 13.4. The lowest BCUT2D eigenvalue weighted by Crippen LogP contribution is -2.35. The van der Waals surface area contributed by atoms with Gasteiger partial charge in [-0.1, -0.05) is 12.1 Å². The lowest BCUT2D eigenvalue weighted by Gasteiger charge is -2.30. The van der Waals surface area contributed by atoms with E-state index in [2.05, 4.69) is 10.3 Å². The van der Waals surface area contributed by atoms with E-state index >= 15 is 0 Å². The molecule has 3 aromatic rings. The van der Waals surface area contributed by atoms with Crippen molar-refractivity contribution >= 4 is 23.2 Å². The minimum atomic E-state index is -0.466. The number of carbonyl (C=O) groups is 2. The Hall–Kier alpha value is -3.54. The second-order valence-electron chi connectivity index (χ2n) is 6.61. The monoisotopic (exact) mass is 375 g/mol. The number of anilines is 2. The number of aromatic nitrogens is 1. The fourth-order valence-corrected chi connectivity index (χ4v) is 3.34. The molecule has 2 amide bonds. The first-order valence-corrected chi connectivity index (χ1v) is 9.03. The van der Waals surface area contributed by atoms with Crippen molar-refractivity contribution < 1.29 is 14.0 Å². The van der Waals surface area contributed by atoms with Crippen LogP contribution in [-0.4, -0.2) is 23.3 Å². The first-order chi connectivity index (χ1) is 13.6. The van der Waals surface area contributed by atoms with Crippen LogP contribution in [0.25, 0.3) is 0 Å². The van der Waals surface area contributed by atoms with E-state index in [1.165, 1.54) is 18.2 Å². The lowest BCUT2D eigenvalue weighted by atomic mass is 10.00. The van der Waals surface area contributed by atoms with Gasteiger partial charge in [0.2, 0.25) is 0 Å². The molecule has 0 atom stereocenters. The summed E-state index contributed by atoms with van der Waals surface area (Å²) >= 11 is 0. The molecule has 1 N–H and O–H groups in total. The van der Waals surface area contributed by atoms with E-state index in [4.69, 9.17) is 0 Å². The minimum Gasteiger partial charge on any atom is -0.322 e. The van der Waals surface area contributed by atoms with Crippen molar-refractivity contribution in [3.8, 4) is 0 Å². The van der Waals surface area contributed by atoms with Crippen LogP contribution in [-0.2, 0) is 6.42 Å². The van der Waals surface area contributed by atoms with Crippen molar-refractivity contribution in [2.24, 2.45) is 0 Å². The summed E-state index contributed by atoms with van der Waals surface area (Å²) in [5, 5.41) is 2.78. The Kier molecular flexibility index (Phi) is 4.85. The van der Waals surface area contributed by atoms with Crippen LogP contribution in [0.5, 0.6) is 0 Å². The number of amides is 2. The Morgan fingerprint density at radius 1 is 1.04 bits per heavy atom. The van der Waals surface area contributed by atoms with Crippen molar-refractivity contribution in [2.45, 2.75) is 12.8 Å². The van der Waals surface area contributed by atoms with Crippen LogP contribution in [0.2, 0.25) is 0 Å². The number of nitrogens with one attached hydrogen (secondary N) is 1. The molecule has 0 saturated carbocycles. The van der Waals surface area contributed by atoms with Gasteiger partial charge in [-0.25, -0.2) is 4.39 Å². The number of pyridine rings is 1. The molecule has 0 aliphatic carbocycles. The molecular formula is C22H18FN3O2. The van der Waals surface area contributed by atoms with Crippen LogP contribution in [0.3, 0.4) is 0 Å². The number of nitrogens with zero attached hydrogens (tertiary/aromatic N) is 2. The Morgan fingerprint density at radius 3 is 2.68 bits per heavy atom. The summed E-state index contributed by atoms with van der Waals surface area (Å²) in [5.41, 5.74) is 3.13. The number of fused-ring (bicyclic) bond motifs is 1. The molecule has 2 heterocycles. The van der Waals surface area contributed by atoms with Gasteiger partial charge < -0.3 is 10.2 Å². The first kappa shape index (κ1) is 17.9. The maximum absolute atomic E-state index is 13.4. The first-order valence-electron chi connectivity index (χ1n) is 9.03. The number of aryl methyl sites for hydroxylation is 1. The molecule has 1 aliphatic heterocycles. The Morgan fingerprint density at radius 2 is 1.89 bits per heavy atom. The number of hydrogen-bond acceptors (Lipinski definition) is 3. The number of benzene rings is 2. The van der Waals surface area contributed by atoms with Crippen molar-refractivity contribution in [1.82, 2.24) is 4.98 Å². The quantitative estimate of drug-likeness (QED) is 0.751. The topological polar surface area (TPSA) is 62.3 Å². The molecule has 140 valence electrons. The average Bonchev–Trinajstić information content (AvgIpc) is 2.73. The molecule has 1 aliphatic rings. The van der Waals surface area contributed by atoms with Gasteiger partial charge in [0.15, 0.2) is 0 Å². The second-order valence-corrected chi connectivity index (χ2v) is 6.61. The van der Waals surface area contributed by atoms with E-state index in [0.717, 1.165) is 24.1 Å². The summed E-state index contributed by atoms with van der Waals surface area (Å²) in [4.78, 5) is 31.1. The van der Waals surface area contributed by atoms with Crippen LogP contribution >= 0.6 is 0 Å². The third-order valence-corrected chi connectivity index (χ3v) is 4.70. The van der Waals surface area contributed by atoms with Gasteiger partial charge in [0.25, 0.3) is 11.8 Å². The van der Waals surface area contributed by atoms with E-state index in [-0.39, 0.29) is 11.5 Å². The van der Waals surface area contributed by atoms with Gasteiger partial charge in [-0.2, -0.15) is 0 Å². The highest BCUT2D eigenvalue weighted by atomic mass is 19.1. The number of halogens is 1. The molecule has 0 saturated heterocycles. The fraction of sp³-hybridized carbons (Fsp3) is 0.136. The smallest absolute Gasteiger partial charge is 0.259 e. The molecule has 0 radical (unpaired) electrons. The third-order valence-electron chi connectivity index (χ3n) is 4.70. The van der Waals surface area contributed by atoms with Gasteiger partial charge in [0.05, 0.1) is 5.56 Å². The van der Waals surface area contributed by atoms with E-state index in [9.17, 15) is 14.0 Å². The van der Waals surface area contributed by atoms with Crippen molar-refractivity contribution in [2.75, 3.05) is 16.8 Å². The Bertz CT molecular complexity index is 1040. The number of carbonyl (C=O) groups excluding carboxylic acids is 2. The third kappa shape index (κ3) is 3.62. The number of hydrogen-bond donors (Lipinski definition) is 1. The molecular weight excluding hydrogens is 357 g/mol.